The first-order valence-electron chi connectivity index (χ1n) is 9.52. The maximum atomic E-state index is 10.3. The molecule has 1 heterocycles. The molecule has 2 atom stereocenters. The van der Waals surface area contributed by atoms with Crippen molar-refractivity contribution in [3.63, 3.8) is 0 Å². The fourth-order valence-electron chi connectivity index (χ4n) is 5.95. The zero-order chi connectivity index (χ0) is 18.3. The van der Waals surface area contributed by atoms with Gasteiger partial charge in [0.1, 0.15) is 0 Å². The quantitative estimate of drug-likeness (QED) is 0.703. The Morgan fingerprint density at radius 1 is 1.12 bits per heavy atom. The molecule has 0 bridgehead atoms. The average molecular weight is 345 g/mol. The fourth-order valence-corrected chi connectivity index (χ4v) is 5.95. The van der Waals surface area contributed by atoms with Crippen molar-refractivity contribution in [2.45, 2.75) is 65.2 Å². The van der Waals surface area contributed by atoms with E-state index in [1.165, 1.54) is 12.8 Å². The van der Waals surface area contributed by atoms with Crippen LogP contribution in [0.1, 0.15) is 59.3 Å². The SMILES string of the molecule is CCCC1CCC2(CC1)[C@@]1(C#N)C(OCC)(OCC)[NH+]=C(N)[C@@]21C#N. The van der Waals surface area contributed by atoms with E-state index in [-0.39, 0.29) is 0 Å². The minimum Gasteiger partial charge on any atom is -0.314 e. The molecule has 1 aliphatic heterocycles. The molecule has 6 nitrogen and oxygen atoms in total. The normalized spacial score (nSPS) is 40.8. The van der Waals surface area contributed by atoms with Crippen LogP contribution in [0.25, 0.3) is 0 Å². The Morgan fingerprint density at radius 2 is 1.72 bits per heavy atom. The number of nitriles is 2. The third-order valence-corrected chi connectivity index (χ3v) is 6.82. The van der Waals surface area contributed by atoms with E-state index in [1.807, 2.05) is 13.8 Å². The highest BCUT2D eigenvalue weighted by atomic mass is 16.7. The summed E-state index contributed by atoms with van der Waals surface area (Å²) in [4.78, 5) is 3.07. The van der Waals surface area contributed by atoms with Crippen LogP contribution in [0.5, 0.6) is 0 Å². The van der Waals surface area contributed by atoms with Gasteiger partial charge >= 0.3 is 5.91 Å². The Kier molecular flexibility index (Phi) is 4.34. The minimum atomic E-state index is -1.33. The molecule has 3 rings (SSSR count). The van der Waals surface area contributed by atoms with Gasteiger partial charge in [-0.25, -0.2) is 4.99 Å². The second-order valence-electron chi connectivity index (χ2n) is 7.56. The fraction of sp³-hybridized carbons (Fsp3) is 0.842. The maximum absolute atomic E-state index is 10.3. The smallest absolute Gasteiger partial charge is 0.314 e. The second kappa shape index (κ2) is 5.97. The Hall–Kier alpha value is -1.63. The van der Waals surface area contributed by atoms with Crippen LogP contribution in [0.3, 0.4) is 0 Å². The Labute approximate surface area is 150 Å². The molecule has 2 fully saturated rings. The monoisotopic (exact) mass is 345 g/mol. The summed E-state index contributed by atoms with van der Waals surface area (Å²) >= 11 is 0. The van der Waals surface area contributed by atoms with Crippen LogP contribution >= 0.6 is 0 Å². The molecule has 25 heavy (non-hydrogen) atoms. The van der Waals surface area contributed by atoms with Crippen molar-refractivity contribution < 1.29 is 14.5 Å². The molecule has 1 spiro atoms. The molecular formula is C19H29N4O2+. The number of hydrogen-bond acceptors (Lipinski definition) is 5. The summed E-state index contributed by atoms with van der Waals surface area (Å²) in [5, 5.41) is 20.4. The van der Waals surface area contributed by atoms with E-state index in [2.05, 4.69) is 24.1 Å². The van der Waals surface area contributed by atoms with Crippen LogP contribution in [0.4, 0.5) is 0 Å². The highest BCUT2D eigenvalue weighted by Gasteiger charge is 3.03. The van der Waals surface area contributed by atoms with Gasteiger partial charge in [0.2, 0.25) is 0 Å². The van der Waals surface area contributed by atoms with Crippen molar-refractivity contribution in [3.05, 3.63) is 0 Å². The molecule has 136 valence electrons. The predicted octanol–water partition coefficient (Wildman–Crippen LogP) is 1.17. The standard InChI is InChI=1S/C19H28N4O2/c1-4-7-14-8-10-16(11-9-14)17(12-20)15(22)23-19(24-5-2,25-6-3)18(16,17)13-21/h14H,4-11H2,1-3H3,(H2,22,23)/p+1/t14?,16?,17-,18+/m0/s1. The summed E-state index contributed by atoms with van der Waals surface area (Å²) in [6.07, 6.45) is 6.08. The summed E-state index contributed by atoms with van der Waals surface area (Å²) in [6, 6.07) is 4.90. The molecule has 2 saturated carbocycles. The van der Waals surface area contributed by atoms with Crippen LogP contribution in [0, 0.1) is 44.8 Å². The van der Waals surface area contributed by atoms with E-state index in [0.29, 0.717) is 25.0 Å². The van der Waals surface area contributed by atoms with Gasteiger partial charge in [-0.1, -0.05) is 19.8 Å². The largest absolute Gasteiger partial charge is 0.343 e. The van der Waals surface area contributed by atoms with E-state index in [9.17, 15) is 10.5 Å². The lowest BCUT2D eigenvalue weighted by Crippen LogP contribution is -2.91. The molecule has 0 saturated heterocycles. The van der Waals surface area contributed by atoms with Gasteiger partial charge in [0.15, 0.2) is 10.8 Å². The Balaban J connectivity index is 2.07. The highest BCUT2D eigenvalue weighted by molar-refractivity contribution is 5.95. The third kappa shape index (κ3) is 1.77. The molecule has 0 unspecified atom stereocenters. The number of hydrogen-bond donors (Lipinski definition) is 2. The van der Waals surface area contributed by atoms with E-state index < -0.39 is 22.2 Å². The van der Waals surface area contributed by atoms with Crippen molar-refractivity contribution in [3.8, 4) is 12.1 Å². The Bertz CT molecular complexity index is 647. The van der Waals surface area contributed by atoms with Crippen molar-refractivity contribution in [1.82, 2.24) is 0 Å². The molecule has 6 heteroatoms. The molecule has 0 aromatic heterocycles. The van der Waals surface area contributed by atoms with Crippen molar-refractivity contribution >= 4 is 5.84 Å². The number of fused-ring (bicyclic) bond motifs is 3. The molecule has 0 radical (unpaired) electrons. The van der Waals surface area contributed by atoms with Gasteiger partial charge in [-0.2, -0.15) is 10.5 Å². The van der Waals surface area contributed by atoms with Gasteiger partial charge in [-0.3, -0.25) is 5.73 Å². The topological polar surface area (TPSA) is 106 Å². The van der Waals surface area contributed by atoms with Crippen LogP contribution in [0.2, 0.25) is 0 Å². The first-order valence-corrected chi connectivity index (χ1v) is 9.52. The van der Waals surface area contributed by atoms with Crippen LogP contribution in [-0.4, -0.2) is 25.0 Å². The first kappa shape index (κ1) is 18.2. The summed E-state index contributed by atoms with van der Waals surface area (Å²) in [5.41, 5.74) is 3.73. The number of amidine groups is 1. The highest BCUT2D eigenvalue weighted by Crippen LogP contribution is 2.86. The van der Waals surface area contributed by atoms with Gasteiger partial charge in [0.05, 0.1) is 25.4 Å². The van der Waals surface area contributed by atoms with E-state index in [4.69, 9.17) is 15.2 Å². The maximum Gasteiger partial charge on any atom is 0.343 e. The number of rotatable bonds is 6. The summed E-state index contributed by atoms with van der Waals surface area (Å²) in [5.74, 6) is -0.318. The van der Waals surface area contributed by atoms with Crippen LogP contribution in [-0.2, 0) is 9.47 Å². The van der Waals surface area contributed by atoms with Crippen LogP contribution < -0.4 is 10.7 Å². The number of nitrogens with two attached hydrogens (primary N) is 1. The van der Waals surface area contributed by atoms with E-state index >= 15 is 0 Å². The first-order chi connectivity index (χ1) is 12.0. The lowest BCUT2D eigenvalue weighted by Gasteiger charge is -2.36. The molecule has 0 amide bonds. The van der Waals surface area contributed by atoms with Crippen molar-refractivity contribution in [1.29, 1.82) is 10.5 Å². The predicted molar refractivity (Wildman–Crippen MR) is 91.5 cm³/mol. The molecule has 3 aliphatic rings. The van der Waals surface area contributed by atoms with Crippen molar-refractivity contribution in [2.75, 3.05) is 13.2 Å². The summed E-state index contributed by atoms with van der Waals surface area (Å²) in [6.45, 7) is 6.68. The molecule has 0 aromatic rings. The average Bonchev–Trinajstić information content (AvgIpc) is 3.04. The van der Waals surface area contributed by atoms with Crippen LogP contribution in [0.15, 0.2) is 0 Å². The molecule has 0 aromatic carbocycles. The number of ether oxygens (including phenoxy) is 2. The van der Waals surface area contributed by atoms with Gasteiger partial charge < -0.3 is 9.47 Å². The third-order valence-electron chi connectivity index (χ3n) is 6.82. The van der Waals surface area contributed by atoms with Gasteiger partial charge in [-0.05, 0) is 45.4 Å². The molecular weight excluding hydrogens is 316 g/mol. The summed E-state index contributed by atoms with van der Waals surface area (Å²) < 4.78 is 11.9. The van der Waals surface area contributed by atoms with Gasteiger partial charge in [0, 0.05) is 5.41 Å². The van der Waals surface area contributed by atoms with Crippen molar-refractivity contribution in [2.24, 2.45) is 27.9 Å². The Morgan fingerprint density at radius 3 is 2.16 bits per heavy atom. The lowest BCUT2D eigenvalue weighted by molar-refractivity contribution is -0.695. The van der Waals surface area contributed by atoms with E-state index in [0.717, 1.165) is 25.7 Å². The second-order valence-corrected chi connectivity index (χ2v) is 7.56. The summed E-state index contributed by atoms with van der Waals surface area (Å²) in [7, 11) is 0. The number of nitrogens with zero attached hydrogens (tertiary/aromatic N) is 2. The zero-order valence-electron chi connectivity index (χ0n) is 15.5. The minimum absolute atomic E-state index is 0.340. The van der Waals surface area contributed by atoms with Gasteiger partial charge in [-0.15, -0.1) is 0 Å². The molecule has 3 N–H and O–H groups in total. The lowest BCUT2D eigenvalue weighted by atomic mass is 9.71. The number of nitrogens with one attached hydrogen (secondary N) is 1. The van der Waals surface area contributed by atoms with Gasteiger partial charge in [0.25, 0.3) is 5.84 Å². The molecule has 2 aliphatic carbocycles. The zero-order valence-corrected chi connectivity index (χ0v) is 15.5. The van der Waals surface area contributed by atoms with E-state index in [1.54, 1.807) is 0 Å².